The lowest BCUT2D eigenvalue weighted by Crippen LogP contribution is -2.02. The zero-order chi connectivity index (χ0) is 18.9. The Hall–Kier alpha value is -2.55. The summed E-state index contributed by atoms with van der Waals surface area (Å²) in [5.41, 5.74) is 5.73. The molecule has 0 amide bonds. The molecular weight excluding hydrogens is 356 g/mol. The van der Waals surface area contributed by atoms with E-state index in [9.17, 15) is 0 Å². The molecule has 3 rings (SSSR count). The van der Waals surface area contributed by atoms with Crippen molar-refractivity contribution < 1.29 is 9.84 Å². The molecule has 0 saturated carbocycles. The van der Waals surface area contributed by atoms with Crippen molar-refractivity contribution in [3.63, 3.8) is 0 Å². The number of alkyl halides is 1. The first-order chi connectivity index (χ1) is 13.3. The van der Waals surface area contributed by atoms with E-state index in [-0.39, 0.29) is 13.2 Å². The lowest BCUT2D eigenvalue weighted by molar-refractivity contribution is 0.201. The molecular formula is C24H23ClO2. The van der Waals surface area contributed by atoms with Gasteiger partial charge in [0.25, 0.3) is 0 Å². The summed E-state index contributed by atoms with van der Waals surface area (Å²) in [5, 5.41) is 9.04. The molecule has 2 nitrogen and oxygen atoms in total. The molecule has 0 unspecified atom stereocenters. The van der Waals surface area contributed by atoms with Crippen LogP contribution in [0.5, 0.6) is 5.75 Å². The third kappa shape index (κ3) is 5.00. The summed E-state index contributed by atoms with van der Waals surface area (Å²) in [6, 6.07) is 28.7. The van der Waals surface area contributed by atoms with E-state index in [1.165, 1.54) is 11.1 Å². The summed E-state index contributed by atoms with van der Waals surface area (Å²) < 4.78 is 5.63. The van der Waals surface area contributed by atoms with Crippen LogP contribution in [0.25, 0.3) is 11.1 Å². The molecule has 3 aromatic carbocycles. The molecule has 3 aromatic rings. The van der Waals surface area contributed by atoms with Gasteiger partial charge in [-0.2, -0.15) is 0 Å². The first-order valence-electron chi connectivity index (χ1n) is 9.07. The maximum atomic E-state index is 9.04. The fourth-order valence-electron chi connectivity index (χ4n) is 3.17. The number of benzene rings is 3. The molecule has 0 aliphatic rings. The number of rotatable bonds is 8. The van der Waals surface area contributed by atoms with E-state index in [1.807, 2.05) is 54.6 Å². The lowest BCUT2D eigenvalue weighted by Gasteiger charge is -2.17. The van der Waals surface area contributed by atoms with Crippen LogP contribution in [0, 0.1) is 0 Å². The molecule has 3 heteroatoms. The number of hydrogen-bond donors (Lipinski definition) is 1. The second kappa shape index (κ2) is 9.96. The highest BCUT2D eigenvalue weighted by atomic mass is 35.5. The van der Waals surface area contributed by atoms with Crippen molar-refractivity contribution in [1.29, 1.82) is 0 Å². The zero-order valence-electron chi connectivity index (χ0n) is 15.1. The third-order valence-electron chi connectivity index (χ3n) is 4.31. The van der Waals surface area contributed by atoms with Crippen molar-refractivity contribution in [3.8, 4) is 5.75 Å². The predicted molar refractivity (Wildman–Crippen MR) is 113 cm³/mol. The van der Waals surface area contributed by atoms with Gasteiger partial charge in [0.2, 0.25) is 0 Å². The van der Waals surface area contributed by atoms with Crippen LogP contribution in [0.3, 0.4) is 0 Å². The number of aliphatic hydroxyl groups is 1. The maximum Gasteiger partial charge on any atom is 0.120 e. The summed E-state index contributed by atoms with van der Waals surface area (Å²) in [4.78, 5) is 0. The zero-order valence-corrected chi connectivity index (χ0v) is 15.9. The van der Waals surface area contributed by atoms with Gasteiger partial charge >= 0.3 is 0 Å². The summed E-state index contributed by atoms with van der Waals surface area (Å²) in [6.07, 6.45) is 0.761. The van der Waals surface area contributed by atoms with Crippen molar-refractivity contribution >= 4 is 22.7 Å². The van der Waals surface area contributed by atoms with Gasteiger partial charge < -0.3 is 9.84 Å². The number of halogens is 1. The van der Waals surface area contributed by atoms with E-state index in [1.54, 1.807) is 0 Å². The average Bonchev–Trinajstić information content (AvgIpc) is 2.74. The van der Waals surface area contributed by atoms with Gasteiger partial charge in [-0.05, 0) is 46.4 Å². The predicted octanol–water partition coefficient (Wildman–Crippen LogP) is 5.65. The van der Waals surface area contributed by atoms with Crippen LogP contribution in [0.2, 0.25) is 0 Å². The fraction of sp³-hybridized carbons (Fsp3) is 0.167. The number of hydrogen-bond acceptors (Lipinski definition) is 2. The van der Waals surface area contributed by atoms with E-state index >= 15 is 0 Å². The maximum absolute atomic E-state index is 9.04. The first kappa shape index (κ1) is 19.2. The highest BCUT2D eigenvalue weighted by molar-refractivity contribution is 6.18. The van der Waals surface area contributed by atoms with Gasteiger partial charge in [-0.3, -0.25) is 0 Å². The van der Waals surface area contributed by atoms with E-state index in [0.29, 0.717) is 5.88 Å². The summed E-state index contributed by atoms with van der Waals surface area (Å²) in [6.45, 7) is 0.272. The molecule has 27 heavy (non-hydrogen) atoms. The van der Waals surface area contributed by atoms with Gasteiger partial charge in [0, 0.05) is 5.88 Å². The van der Waals surface area contributed by atoms with Crippen molar-refractivity contribution in [3.05, 3.63) is 102 Å². The van der Waals surface area contributed by atoms with Crippen molar-refractivity contribution in [2.45, 2.75) is 6.42 Å². The Morgan fingerprint density at radius 1 is 0.778 bits per heavy atom. The Morgan fingerprint density at radius 3 is 2.04 bits per heavy atom. The number of aliphatic hydroxyl groups excluding tert-OH is 1. The van der Waals surface area contributed by atoms with Crippen molar-refractivity contribution in [2.75, 3.05) is 19.1 Å². The number of allylic oxidation sites excluding steroid dienone is 1. The van der Waals surface area contributed by atoms with Crippen LogP contribution in [-0.2, 0) is 0 Å². The Labute approximate surface area is 165 Å². The first-order valence-corrected chi connectivity index (χ1v) is 9.61. The van der Waals surface area contributed by atoms with Gasteiger partial charge in [0.15, 0.2) is 0 Å². The topological polar surface area (TPSA) is 29.5 Å². The molecule has 0 aromatic heterocycles. The van der Waals surface area contributed by atoms with Crippen LogP contribution < -0.4 is 4.74 Å². The Balaban J connectivity index is 2.19. The minimum Gasteiger partial charge on any atom is -0.491 e. The Kier molecular flexibility index (Phi) is 7.09. The minimum absolute atomic E-state index is 0.00682. The van der Waals surface area contributed by atoms with Gasteiger partial charge in [0.05, 0.1) is 6.61 Å². The molecule has 1 N–H and O–H groups in total. The van der Waals surface area contributed by atoms with Crippen molar-refractivity contribution in [1.82, 2.24) is 0 Å². The molecule has 0 aliphatic heterocycles. The average molecular weight is 379 g/mol. The Bertz CT molecular complexity index is 873. The molecule has 0 fully saturated rings. The van der Waals surface area contributed by atoms with E-state index < -0.39 is 0 Å². The van der Waals surface area contributed by atoms with Gasteiger partial charge in [-0.15, -0.1) is 11.6 Å². The molecule has 0 saturated heterocycles. The van der Waals surface area contributed by atoms with Gasteiger partial charge in [-0.1, -0.05) is 72.8 Å². The fourth-order valence-corrected chi connectivity index (χ4v) is 3.36. The standard InChI is InChI=1S/C24H23ClO2/c25-15-14-23(19-8-3-1-4-9-19)24(20-10-5-2-6-11-20)21-12-7-13-22(18-21)27-17-16-26/h1-13,18,26H,14-17H2/b24-23-. The molecule has 0 atom stereocenters. The summed E-state index contributed by atoms with van der Waals surface area (Å²) >= 11 is 6.18. The SMILES string of the molecule is OCCOc1cccc(/C(=C(/CCCl)c2ccccc2)c2ccccc2)c1. The van der Waals surface area contributed by atoms with E-state index in [2.05, 4.69) is 30.3 Å². The lowest BCUT2D eigenvalue weighted by atomic mass is 9.88. The summed E-state index contributed by atoms with van der Waals surface area (Å²) in [5.74, 6) is 1.29. The van der Waals surface area contributed by atoms with E-state index in [4.69, 9.17) is 21.4 Å². The smallest absolute Gasteiger partial charge is 0.120 e. The molecule has 0 spiro atoms. The molecule has 0 radical (unpaired) electrons. The van der Waals surface area contributed by atoms with Crippen LogP contribution in [0.4, 0.5) is 0 Å². The Morgan fingerprint density at radius 2 is 1.41 bits per heavy atom. The highest BCUT2D eigenvalue weighted by Crippen LogP contribution is 2.35. The van der Waals surface area contributed by atoms with Crippen LogP contribution in [0.15, 0.2) is 84.9 Å². The van der Waals surface area contributed by atoms with Crippen molar-refractivity contribution in [2.24, 2.45) is 0 Å². The third-order valence-corrected chi connectivity index (χ3v) is 4.50. The van der Waals surface area contributed by atoms with E-state index in [0.717, 1.165) is 28.9 Å². The highest BCUT2D eigenvalue weighted by Gasteiger charge is 2.14. The molecule has 138 valence electrons. The van der Waals surface area contributed by atoms with Crippen LogP contribution in [-0.4, -0.2) is 24.2 Å². The quantitative estimate of drug-likeness (QED) is 0.405. The largest absolute Gasteiger partial charge is 0.491 e. The second-order valence-corrected chi connectivity index (χ2v) is 6.50. The van der Waals surface area contributed by atoms with Crippen LogP contribution >= 0.6 is 11.6 Å². The van der Waals surface area contributed by atoms with Gasteiger partial charge in [0.1, 0.15) is 12.4 Å². The monoisotopic (exact) mass is 378 g/mol. The second-order valence-electron chi connectivity index (χ2n) is 6.12. The normalized spacial score (nSPS) is 11.8. The minimum atomic E-state index is -0.00682. The molecule has 0 heterocycles. The number of ether oxygens (including phenoxy) is 1. The molecule has 0 aliphatic carbocycles. The molecule has 0 bridgehead atoms. The summed E-state index contributed by atoms with van der Waals surface area (Å²) in [7, 11) is 0. The van der Waals surface area contributed by atoms with Gasteiger partial charge in [-0.25, -0.2) is 0 Å². The van der Waals surface area contributed by atoms with Crippen LogP contribution in [0.1, 0.15) is 23.1 Å².